The van der Waals surface area contributed by atoms with Crippen LogP contribution < -0.4 is 0 Å². The number of benzene rings is 2. The van der Waals surface area contributed by atoms with E-state index in [0.717, 1.165) is 45.1 Å². The molecule has 4 nitrogen and oxygen atoms in total. The molecular weight excluding hydrogens is 408 g/mol. The highest BCUT2D eigenvalue weighted by atomic mass is 16.3. The molecule has 0 bridgehead atoms. The van der Waals surface area contributed by atoms with Gasteiger partial charge in [-0.1, -0.05) is 68.1 Å². The molecule has 2 aromatic rings. The second kappa shape index (κ2) is 10.1. The standard InChI is InChI=1S/C14H19NO.C14H17NO.CH4/c2*16-11-14-8-13(14)6-7-15(10-14)9-12-4-2-1-3-5-12;/h1-5,13,16H,6-11H2;1-5,11,13H,6-10H2;1H4. The molecule has 0 spiro atoms. The molecule has 2 saturated carbocycles. The van der Waals surface area contributed by atoms with E-state index >= 15 is 0 Å². The zero-order valence-corrected chi connectivity index (χ0v) is 19.0. The first-order valence-corrected chi connectivity index (χ1v) is 12.2. The van der Waals surface area contributed by atoms with E-state index in [1.807, 2.05) is 6.07 Å². The second-order valence-electron chi connectivity index (χ2n) is 10.6. The summed E-state index contributed by atoms with van der Waals surface area (Å²) in [6.07, 6.45) is 6.05. The maximum absolute atomic E-state index is 11.1. The third-order valence-corrected chi connectivity index (χ3v) is 8.33. The number of nitrogens with zero attached hydrogens (tertiary/aromatic N) is 2. The number of likely N-dealkylation sites (tertiary alicyclic amines) is 2. The fraction of sp³-hybridized carbons (Fsp3) is 0.552. The summed E-state index contributed by atoms with van der Waals surface area (Å²) >= 11 is 0. The minimum atomic E-state index is 0. The highest BCUT2D eigenvalue weighted by molar-refractivity contribution is 5.65. The topological polar surface area (TPSA) is 43.8 Å². The molecule has 4 heteroatoms. The van der Waals surface area contributed by atoms with Gasteiger partial charge >= 0.3 is 0 Å². The molecule has 33 heavy (non-hydrogen) atoms. The minimum Gasteiger partial charge on any atom is -0.396 e. The van der Waals surface area contributed by atoms with Gasteiger partial charge in [-0.15, -0.1) is 0 Å². The number of fused-ring (bicyclic) bond motifs is 2. The summed E-state index contributed by atoms with van der Waals surface area (Å²) in [6, 6.07) is 21.1. The average molecular weight is 449 g/mol. The number of aliphatic hydroxyl groups excluding tert-OH is 1. The van der Waals surface area contributed by atoms with E-state index in [-0.39, 0.29) is 18.3 Å². The van der Waals surface area contributed by atoms with Gasteiger partial charge in [0.1, 0.15) is 6.29 Å². The van der Waals surface area contributed by atoms with Crippen LogP contribution in [0.5, 0.6) is 0 Å². The van der Waals surface area contributed by atoms with Gasteiger partial charge in [0.05, 0.1) is 6.61 Å². The quantitative estimate of drug-likeness (QED) is 0.655. The van der Waals surface area contributed by atoms with Crippen LogP contribution in [-0.4, -0.2) is 54.0 Å². The lowest BCUT2D eigenvalue weighted by atomic mass is 9.98. The molecule has 4 atom stereocenters. The number of carbonyl (C=O) groups excluding carboxylic acids is 1. The predicted octanol–water partition coefficient (Wildman–Crippen LogP) is 4.62. The first kappa shape index (κ1) is 24.1. The lowest BCUT2D eigenvalue weighted by molar-refractivity contribution is -0.114. The van der Waals surface area contributed by atoms with Crippen molar-refractivity contribution in [1.29, 1.82) is 0 Å². The summed E-state index contributed by atoms with van der Waals surface area (Å²) in [5.74, 6) is 1.50. The van der Waals surface area contributed by atoms with Gasteiger partial charge in [-0.2, -0.15) is 0 Å². The van der Waals surface area contributed by atoms with Crippen molar-refractivity contribution in [1.82, 2.24) is 9.80 Å². The molecule has 0 radical (unpaired) electrons. The van der Waals surface area contributed by atoms with Gasteiger partial charge in [-0.05, 0) is 61.7 Å². The molecule has 2 aliphatic heterocycles. The number of aliphatic hydroxyl groups is 1. The Hall–Kier alpha value is -2.01. The van der Waals surface area contributed by atoms with Crippen LogP contribution in [0.3, 0.4) is 0 Å². The molecule has 4 unspecified atom stereocenters. The predicted molar refractivity (Wildman–Crippen MR) is 134 cm³/mol. The zero-order valence-electron chi connectivity index (χ0n) is 19.0. The maximum atomic E-state index is 11.1. The van der Waals surface area contributed by atoms with E-state index in [1.54, 1.807) is 0 Å². The zero-order chi connectivity index (χ0) is 22.0. The molecule has 2 aliphatic carbocycles. The summed E-state index contributed by atoms with van der Waals surface area (Å²) in [5.41, 5.74) is 3.04. The number of hydrogen-bond acceptors (Lipinski definition) is 4. The summed E-state index contributed by atoms with van der Waals surface area (Å²) in [4.78, 5) is 16.0. The van der Waals surface area contributed by atoms with Gasteiger partial charge in [0.25, 0.3) is 0 Å². The number of carbonyl (C=O) groups is 1. The van der Waals surface area contributed by atoms with Crippen molar-refractivity contribution in [2.24, 2.45) is 22.7 Å². The van der Waals surface area contributed by atoms with E-state index in [0.29, 0.717) is 12.5 Å². The van der Waals surface area contributed by atoms with E-state index in [1.165, 1.54) is 43.2 Å². The third kappa shape index (κ3) is 5.40. The van der Waals surface area contributed by atoms with Crippen LogP contribution in [-0.2, 0) is 17.9 Å². The fourth-order valence-electron chi connectivity index (χ4n) is 6.09. The molecule has 2 saturated heterocycles. The lowest BCUT2D eigenvalue weighted by Gasteiger charge is -2.31. The smallest absolute Gasteiger partial charge is 0.127 e. The van der Waals surface area contributed by atoms with Crippen molar-refractivity contribution in [3.63, 3.8) is 0 Å². The largest absolute Gasteiger partial charge is 0.396 e. The Balaban J connectivity index is 0.000000152. The van der Waals surface area contributed by atoms with Crippen LogP contribution >= 0.6 is 0 Å². The van der Waals surface area contributed by atoms with Crippen LogP contribution in [0.25, 0.3) is 0 Å². The lowest BCUT2D eigenvalue weighted by Crippen LogP contribution is -2.37. The highest BCUT2D eigenvalue weighted by Gasteiger charge is 2.57. The molecule has 0 amide bonds. The number of hydrogen-bond donors (Lipinski definition) is 1. The van der Waals surface area contributed by atoms with Crippen molar-refractivity contribution in [2.75, 3.05) is 32.8 Å². The second-order valence-corrected chi connectivity index (χ2v) is 10.6. The molecule has 0 aromatic heterocycles. The van der Waals surface area contributed by atoms with Crippen LogP contribution in [0.2, 0.25) is 0 Å². The molecule has 4 fully saturated rings. The van der Waals surface area contributed by atoms with E-state index < -0.39 is 0 Å². The first-order valence-electron chi connectivity index (χ1n) is 12.2. The molecule has 4 aliphatic rings. The Morgan fingerprint density at radius 2 is 1.36 bits per heavy atom. The monoisotopic (exact) mass is 448 g/mol. The van der Waals surface area contributed by atoms with Crippen LogP contribution in [0.1, 0.15) is 44.2 Å². The van der Waals surface area contributed by atoms with E-state index in [9.17, 15) is 9.90 Å². The fourth-order valence-corrected chi connectivity index (χ4v) is 6.09. The van der Waals surface area contributed by atoms with Crippen LogP contribution in [0.15, 0.2) is 60.7 Å². The van der Waals surface area contributed by atoms with Crippen molar-refractivity contribution in [2.45, 2.75) is 46.2 Å². The van der Waals surface area contributed by atoms with Crippen molar-refractivity contribution >= 4 is 6.29 Å². The number of aldehydes is 1. The summed E-state index contributed by atoms with van der Waals surface area (Å²) in [5, 5.41) is 9.45. The normalized spacial score (nSPS) is 32.3. The number of rotatable bonds is 6. The average Bonchev–Trinajstić information content (AvgIpc) is 3.74. The maximum Gasteiger partial charge on any atom is 0.127 e. The van der Waals surface area contributed by atoms with E-state index in [4.69, 9.17) is 0 Å². The minimum absolute atomic E-state index is 0. The molecule has 2 aromatic carbocycles. The summed E-state index contributed by atoms with van der Waals surface area (Å²) in [6.45, 7) is 6.80. The van der Waals surface area contributed by atoms with Crippen molar-refractivity contribution in [3.8, 4) is 0 Å². The highest BCUT2D eigenvalue weighted by Crippen LogP contribution is 2.57. The van der Waals surface area contributed by atoms with Gasteiger partial charge in [0.15, 0.2) is 0 Å². The Bertz CT molecular complexity index is 904. The van der Waals surface area contributed by atoms with Gasteiger partial charge in [-0.3, -0.25) is 9.80 Å². The van der Waals surface area contributed by atoms with Crippen LogP contribution in [0, 0.1) is 22.7 Å². The Morgan fingerprint density at radius 3 is 1.91 bits per heavy atom. The summed E-state index contributed by atoms with van der Waals surface area (Å²) in [7, 11) is 0. The number of piperidine rings is 2. The van der Waals surface area contributed by atoms with Crippen molar-refractivity contribution in [3.05, 3.63) is 71.8 Å². The van der Waals surface area contributed by atoms with Gasteiger partial charge < -0.3 is 9.90 Å². The molecular formula is C29H40N2O2. The molecule has 1 N–H and O–H groups in total. The van der Waals surface area contributed by atoms with Gasteiger partial charge in [0.2, 0.25) is 0 Å². The third-order valence-electron chi connectivity index (χ3n) is 8.33. The SMILES string of the molecule is C.O=CC12CC1CCN(Cc1ccccc1)C2.OCC12CC1CCN(Cc1ccccc1)C2. The Labute approximate surface area is 199 Å². The Kier molecular flexibility index (Phi) is 7.37. The van der Waals surface area contributed by atoms with Crippen molar-refractivity contribution < 1.29 is 9.90 Å². The molecule has 6 rings (SSSR count). The first-order chi connectivity index (χ1) is 15.6. The molecule has 178 valence electrons. The van der Waals surface area contributed by atoms with Gasteiger partial charge in [0, 0.05) is 37.0 Å². The molecule has 2 heterocycles. The van der Waals surface area contributed by atoms with Crippen LogP contribution in [0.4, 0.5) is 0 Å². The summed E-state index contributed by atoms with van der Waals surface area (Å²) < 4.78 is 0. The van der Waals surface area contributed by atoms with E-state index in [2.05, 4.69) is 64.4 Å². The van der Waals surface area contributed by atoms with Gasteiger partial charge in [-0.25, -0.2) is 0 Å². The Morgan fingerprint density at radius 1 is 0.818 bits per heavy atom.